The van der Waals surface area contributed by atoms with Gasteiger partial charge in [-0.05, 0) is 86.4 Å². The number of anilines is 2. The van der Waals surface area contributed by atoms with E-state index in [4.69, 9.17) is 23.7 Å². The molecule has 1 aromatic heterocycles. The van der Waals surface area contributed by atoms with E-state index in [1.807, 2.05) is 61.3 Å². The van der Waals surface area contributed by atoms with Crippen LogP contribution in [0.15, 0.2) is 72.8 Å². The molecule has 4 aromatic rings. The fourth-order valence-electron chi connectivity index (χ4n) is 14.9. The van der Waals surface area contributed by atoms with Crippen molar-refractivity contribution in [3.63, 3.8) is 0 Å². The zero-order valence-corrected chi connectivity index (χ0v) is 41.5. The molecule has 372 valence electrons. The average Bonchev–Trinajstić information content (AvgIpc) is 4.03. The predicted octanol–water partition coefficient (Wildman–Crippen LogP) is 5.83. The van der Waals surface area contributed by atoms with E-state index < -0.39 is 57.4 Å². The van der Waals surface area contributed by atoms with Crippen molar-refractivity contribution in [1.29, 1.82) is 0 Å². The number of nitrogens with one attached hydrogen (secondary N) is 3. The van der Waals surface area contributed by atoms with E-state index in [9.17, 15) is 19.5 Å². The molecule has 0 radical (unpaired) electrons. The maximum absolute atomic E-state index is 15.7. The van der Waals surface area contributed by atoms with Gasteiger partial charge in [-0.3, -0.25) is 14.5 Å². The summed E-state index contributed by atoms with van der Waals surface area (Å²) >= 11 is 0. The molecule has 10 atom stereocenters. The van der Waals surface area contributed by atoms with E-state index in [-0.39, 0.29) is 24.4 Å². The van der Waals surface area contributed by atoms with Crippen LogP contribution >= 0.6 is 0 Å². The van der Waals surface area contributed by atoms with Gasteiger partial charge < -0.3 is 54.2 Å². The lowest BCUT2D eigenvalue weighted by molar-refractivity contribution is -0.228. The summed E-state index contributed by atoms with van der Waals surface area (Å²) in [6.45, 7) is 8.59. The molecule has 1 spiro atoms. The number of carbonyl (C=O) groups is 4. The van der Waals surface area contributed by atoms with Crippen LogP contribution in [-0.4, -0.2) is 141 Å². The molecule has 10 rings (SSSR count). The normalized spacial score (nSPS) is 32.8. The second-order valence-electron chi connectivity index (χ2n) is 20.5. The number of urea groups is 1. The highest BCUT2D eigenvalue weighted by atomic mass is 16.6. The Bertz CT molecular complexity index is 2790. The summed E-state index contributed by atoms with van der Waals surface area (Å²) in [6, 6.07) is 17.8. The Morgan fingerprint density at radius 3 is 2.33 bits per heavy atom. The van der Waals surface area contributed by atoms with E-state index in [2.05, 4.69) is 50.5 Å². The van der Waals surface area contributed by atoms with E-state index in [1.165, 1.54) is 21.1 Å². The lowest BCUT2D eigenvalue weighted by atomic mass is 9.47. The molecule has 3 fully saturated rings. The SMILES string of the molecule is CC[C@]1(NC(=O)Nc2ccccc2OC)C[C@H]2CN(CCc3c([nH]c4ccccc34)[C@@](C(=O)OC)(c3cc4c(cc3OC)N(C)[C@H]3[C@@](O)(C(=O)OC)[C@H](OC(C)=O)[C@]5(CC)C=CCN6CC[C@]43[C@@H]65)C2)C1. The third kappa shape index (κ3) is 6.64. The standard InChI is InChI=1S/C54H66N6O10/c1-9-50(57-49(64)56-39-18-13-14-19-41(39)66-5)28-33-29-53(47(62)68-7,43-35(20-24-59(30-33)31-50)34-16-11-12-17-38(34)55-43)37-26-36-40(27-42(37)67-6)58(4)45-52(36)22-25-60-23-15-21-51(10-2,44(52)60)46(70-32(3)61)54(45,65)48(63)69-8/h11-19,21,26-27,33,44-46,55,65H,9-10,20,22-25,28-31H2,1-8H3,(H2,56,57,64)/t33-,44+,45-,46-,50+,51-,52-,53+,54+/m1/s1. The number of rotatable bonds is 10. The van der Waals surface area contributed by atoms with Gasteiger partial charge in [0.25, 0.3) is 0 Å². The summed E-state index contributed by atoms with van der Waals surface area (Å²) in [5, 5.41) is 20.9. The van der Waals surface area contributed by atoms with Gasteiger partial charge in [0.1, 0.15) is 16.9 Å². The molecule has 2 bridgehead atoms. The van der Waals surface area contributed by atoms with Crippen molar-refractivity contribution < 1.29 is 48.0 Å². The van der Waals surface area contributed by atoms with Gasteiger partial charge in [0, 0.05) is 90.9 Å². The molecule has 2 saturated heterocycles. The molecule has 6 aliphatic rings. The fraction of sp³-hybridized carbons (Fsp3) is 0.519. The maximum atomic E-state index is 15.7. The third-order valence-corrected chi connectivity index (χ3v) is 17.4. The van der Waals surface area contributed by atoms with E-state index in [0.717, 1.165) is 33.4 Å². The minimum Gasteiger partial charge on any atom is -0.496 e. The van der Waals surface area contributed by atoms with E-state index in [1.54, 1.807) is 26.4 Å². The van der Waals surface area contributed by atoms with Crippen LogP contribution in [0.5, 0.6) is 11.5 Å². The Morgan fingerprint density at radius 2 is 1.61 bits per heavy atom. The number of fused-ring (bicyclic) bond motifs is 6. The van der Waals surface area contributed by atoms with Gasteiger partial charge in [0.15, 0.2) is 6.10 Å². The Morgan fingerprint density at radius 1 is 0.871 bits per heavy atom. The first-order valence-electron chi connectivity index (χ1n) is 24.6. The van der Waals surface area contributed by atoms with E-state index >= 15 is 4.79 Å². The van der Waals surface area contributed by atoms with Crippen LogP contribution in [0.1, 0.15) is 75.3 Å². The number of hydrogen-bond acceptors (Lipinski definition) is 13. The van der Waals surface area contributed by atoms with Gasteiger partial charge in [-0.25, -0.2) is 9.59 Å². The van der Waals surface area contributed by atoms with Gasteiger partial charge >= 0.3 is 23.9 Å². The lowest BCUT2D eigenvalue weighted by Gasteiger charge is -2.63. The Labute approximate surface area is 409 Å². The molecule has 1 saturated carbocycles. The first-order valence-corrected chi connectivity index (χ1v) is 24.6. The quantitative estimate of drug-likeness (QED) is 0.0848. The third-order valence-electron chi connectivity index (χ3n) is 17.4. The summed E-state index contributed by atoms with van der Waals surface area (Å²) in [5.74, 6) is -1.17. The van der Waals surface area contributed by atoms with Crippen LogP contribution < -0.4 is 25.0 Å². The van der Waals surface area contributed by atoms with Crippen molar-refractivity contribution in [1.82, 2.24) is 20.1 Å². The number of aromatic nitrogens is 1. The molecular weight excluding hydrogens is 893 g/mol. The summed E-state index contributed by atoms with van der Waals surface area (Å²) < 4.78 is 29.8. The first-order chi connectivity index (χ1) is 33.6. The molecule has 2 amide bonds. The molecule has 3 aromatic carbocycles. The van der Waals surface area contributed by atoms with Crippen molar-refractivity contribution in [2.45, 2.75) is 99.5 Å². The summed E-state index contributed by atoms with van der Waals surface area (Å²) in [4.78, 5) is 68.1. The Kier molecular flexibility index (Phi) is 11.8. The molecular formula is C54H66N6O10. The predicted molar refractivity (Wildman–Crippen MR) is 263 cm³/mol. The smallest absolute Gasteiger partial charge is 0.344 e. The summed E-state index contributed by atoms with van der Waals surface area (Å²) in [6.07, 6.45) is 5.84. The van der Waals surface area contributed by atoms with Gasteiger partial charge in [-0.2, -0.15) is 0 Å². The van der Waals surface area contributed by atoms with Gasteiger partial charge in [0.2, 0.25) is 5.60 Å². The molecule has 4 N–H and O–H groups in total. The number of hydrogen-bond donors (Lipinski definition) is 4. The minimum atomic E-state index is -2.34. The number of likely N-dealkylation sites (N-methyl/N-ethyl adjacent to an activating group) is 1. The maximum Gasteiger partial charge on any atom is 0.344 e. The topological polar surface area (TPSA) is 184 Å². The highest BCUT2D eigenvalue weighted by molar-refractivity contribution is 5.95. The molecule has 1 unspecified atom stereocenters. The number of benzene rings is 3. The summed E-state index contributed by atoms with van der Waals surface area (Å²) in [5.41, 5.74) is -1.19. The highest BCUT2D eigenvalue weighted by Gasteiger charge is 2.80. The van der Waals surface area contributed by atoms with Gasteiger partial charge in [-0.1, -0.05) is 56.3 Å². The molecule has 1 aliphatic carbocycles. The fourth-order valence-corrected chi connectivity index (χ4v) is 14.9. The lowest BCUT2D eigenvalue weighted by Crippen LogP contribution is -2.81. The van der Waals surface area contributed by atoms with Crippen LogP contribution in [0, 0.1) is 11.3 Å². The van der Waals surface area contributed by atoms with Crippen molar-refractivity contribution in [3.8, 4) is 11.5 Å². The number of methoxy groups -OCH3 is 4. The number of ether oxygens (including phenoxy) is 5. The van der Waals surface area contributed by atoms with Crippen LogP contribution in [0.25, 0.3) is 10.9 Å². The van der Waals surface area contributed by atoms with Gasteiger partial charge in [-0.15, -0.1) is 0 Å². The number of piperidine rings is 1. The van der Waals surface area contributed by atoms with Crippen molar-refractivity contribution in [2.24, 2.45) is 11.3 Å². The van der Waals surface area contributed by atoms with Crippen molar-refractivity contribution in [2.75, 3.05) is 78.4 Å². The summed E-state index contributed by atoms with van der Waals surface area (Å²) in [7, 11) is 7.71. The second kappa shape index (κ2) is 17.3. The van der Waals surface area contributed by atoms with Gasteiger partial charge in [0.05, 0.1) is 45.7 Å². The number of para-hydroxylation sites is 3. The van der Waals surface area contributed by atoms with Crippen molar-refractivity contribution in [3.05, 3.63) is 95.2 Å². The molecule has 70 heavy (non-hydrogen) atoms. The number of H-pyrrole nitrogens is 1. The van der Waals surface area contributed by atoms with Crippen LogP contribution in [-0.2, 0) is 45.8 Å². The number of amides is 2. The minimum absolute atomic E-state index is 0.162. The zero-order valence-electron chi connectivity index (χ0n) is 41.5. The number of aliphatic hydroxyl groups is 1. The monoisotopic (exact) mass is 958 g/mol. The van der Waals surface area contributed by atoms with Crippen molar-refractivity contribution >= 4 is 46.2 Å². The number of carbonyl (C=O) groups excluding carboxylic acids is 4. The van der Waals surface area contributed by atoms with Crippen LogP contribution in [0.4, 0.5) is 16.2 Å². The van der Waals surface area contributed by atoms with E-state index in [0.29, 0.717) is 87.6 Å². The number of aromatic amines is 1. The molecule has 16 nitrogen and oxygen atoms in total. The number of nitrogens with zero attached hydrogens (tertiary/aromatic N) is 3. The highest BCUT2D eigenvalue weighted by Crippen LogP contribution is 2.68. The first kappa shape index (κ1) is 47.6. The van der Waals surface area contributed by atoms with Crippen LogP contribution in [0.3, 0.4) is 0 Å². The number of esters is 3. The Hall–Kier alpha value is -6.10. The average molecular weight is 959 g/mol. The largest absolute Gasteiger partial charge is 0.496 e. The molecule has 5 aliphatic heterocycles. The Balaban J connectivity index is 1.19. The van der Waals surface area contributed by atoms with Crippen LogP contribution in [0.2, 0.25) is 0 Å². The molecule has 16 heteroatoms. The molecule has 6 heterocycles. The zero-order chi connectivity index (χ0) is 49.5. The second-order valence-corrected chi connectivity index (χ2v) is 20.5.